The van der Waals surface area contributed by atoms with Crippen molar-refractivity contribution in [2.75, 3.05) is 43.1 Å². The molecule has 7 nitrogen and oxygen atoms in total. The number of nitrogens with zero attached hydrogens (tertiary/aromatic N) is 2. The van der Waals surface area contributed by atoms with Crippen molar-refractivity contribution in [1.82, 2.24) is 4.90 Å². The van der Waals surface area contributed by atoms with E-state index in [2.05, 4.69) is 16.3 Å². The van der Waals surface area contributed by atoms with Gasteiger partial charge in [0.2, 0.25) is 5.91 Å². The molecule has 0 aliphatic carbocycles. The van der Waals surface area contributed by atoms with Gasteiger partial charge in [-0.15, -0.1) is 0 Å². The lowest BCUT2D eigenvalue weighted by atomic mass is 10.1. The highest BCUT2D eigenvalue weighted by Gasteiger charge is 2.36. The molecule has 0 bridgehead atoms. The van der Waals surface area contributed by atoms with Gasteiger partial charge in [0, 0.05) is 29.5 Å². The Kier molecular flexibility index (Phi) is 6.83. The average Bonchev–Trinajstić information content (AvgIpc) is 3.04. The van der Waals surface area contributed by atoms with Crippen LogP contribution < -0.4 is 10.2 Å². The fourth-order valence-electron chi connectivity index (χ4n) is 3.49. The van der Waals surface area contributed by atoms with E-state index in [1.165, 1.54) is 0 Å². The monoisotopic (exact) mass is 471 g/mol. The summed E-state index contributed by atoms with van der Waals surface area (Å²) in [5.41, 5.74) is 3.51. The van der Waals surface area contributed by atoms with Gasteiger partial charge < -0.3 is 15.0 Å². The molecule has 2 aliphatic rings. The van der Waals surface area contributed by atoms with Gasteiger partial charge in [0.1, 0.15) is 6.54 Å². The predicted octanol–water partition coefficient (Wildman–Crippen LogP) is 4.16. The molecule has 2 aromatic rings. The van der Waals surface area contributed by atoms with Crippen LogP contribution in [0.15, 0.2) is 47.4 Å². The highest BCUT2D eigenvalue weighted by Crippen LogP contribution is 2.33. The summed E-state index contributed by atoms with van der Waals surface area (Å²) in [4.78, 5) is 41.0. The molecule has 0 aromatic heterocycles. The molecule has 32 heavy (non-hydrogen) atoms. The van der Waals surface area contributed by atoms with E-state index in [4.69, 9.17) is 16.3 Å². The Hall–Kier alpha value is -2.81. The first-order valence-corrected chi connectivity index (χ1v) is 11.3. The number of anilines is 2. The third-order valence-corrected chi connectivity index (χ3v) is 6.38. The van der Waals surface area contributed by atoms with Crippen molar-refractivity contribution in [2.24, 2.45) is 0 Å². The number of benzene rings is 2. The normalized spacial score (nSPS) is 17.9. The summed E-state index contributed by atoms with van der Waals surface area (Å²) in [6, 6.07) is 12.6. The number of hydrogen-bond acceptors (Lipinski definition) is 6. The summed E-state index contributed by atoms with van der Waals surface area (Å²) in [6.07, 6.45) is 1.71. The fourth-order valence-corrected chi connectivity index (χ4v) is 4.45. The summed E-state index contributed by atoms with van der Waals surface area (Å²) in [5.74, 6) is -0.926. The third kappa shape index (κ3) is 5.15. The summed E-state index contributed by atoms with van der Waals surface area (Å²) < 4.78 is 5.40. The molecule has 0 atom stereocenters. The molecule has 0 spiro atoms. The van der Waals surface area contributed by atoms with Gasteiger partial charge in [-0.05, 0) is 72.3 Å². The first-order chi connectivity index (χ1) is 15.4. The SMILES string of the molecule is Cc1cc(N2CCOCC2)ccc1C=C1SC(=O)N(CC(=O)Nc2ccc(Cl)cc2)C1=O. The number of nitrogens with one attached hydrogen (secondary N) is 1. The molecule has 1 N–H and O–H groups in total. The van der Waals surface area contributed by atoms with Crippen LogP contribution in [-0.2, 0) is 14.3 Å². The Morgan fingerprint density at radius 1 is 1.16 bits per heavy atom. The van der Waals surface area contributed by atoms with Gasteiger partial charge in [-0.25, -0.2) is 0 Å². The van der Waals surface area contributed by atoms with Gasteiger partial charge in [0.25, 0.3) is 11.1 Å². The molecule has 4 rings (SSSR count). The predicted molar refractivity (Wildman–Crippen MR) is 127 cm³/mol. The Morgan fingerprint density at radius 2 is 1.88 bits per heavy atom. The number of ether oxygens (including phenoxy) is 1. The fraction of sp³-hybridized carbons (Fsp3) is 0.261. The van der Waals surface area contributed by atoms with Crippen molar-refractivity contribution in [1.29, 1.82) is 0 Å². The van der Waals surface area contributed by atoms with Gasteiger partial charge in [0.15, 0.2) is 0 Å². The molecule has 166 valence electrons. The number of carbonyl (C=O) groups excluding carboxylic acids is 3. The van der Waals surface area contributed by atoms with Gasteiger partial charge in [0.05, 0.1) is 18.1 Å². The van der Waals surface area contributed by atoms with E-state index >= 15 is 0 Å². The molecule has 3 amide bonds. The van der Waals surface area contributed by atoms with E-state index in [0.29, 0.717) is 28.8 Å². The number of morpholine rings is 1. The van der Waals surface area contributed by atoms with Gasteiger partial charge in [-0.1, -0.05) is 17.7 Å². The third-order valence-electron chi connectivity index (χ3n) is 5.22. The second-order valence-corrected chi connectivity index (χ2v) is 8.89. The molecular weight excluding hydrogens is 450 g/mol. The minimum Gasteiger partial charge on any atom is -0.378 e. The number of amides is 3. The average molecular weight is 472 g/mol. The smallest absolute Gasteiger partial charge is 0.294 e. The van der Waals surface area contributed by atoms with Crippen LogP contribution in [0.25, 0.3) is 6.08 Å². The maximum Gasteiger partial charge on any atom is 0.294 e. The van der Waals surface area contributed by atoms with E-state index in [1.807, 2.05) is 19.1 Å². The summed E-state index contributed by atoms with van der Waals surface area (Å²) >= 11 is 6.68. The molecule has 2 saturated heterocycles. The molecule has 9 heteroatoms. The molecule has 2 aromatic carbocycles. The van der Waals surface area contributed by atoms with Crippen molar-refractivity contribution < 1.29 is 19.1 Å². The zero-order valence-electron chi connectivity index (χ0n) is 17.5. The van der Waals surface area contributed by atoms with Crippen LogP contribution in [0.5, 0.6) is 0 Å². The number of aryl methyl sites for hydroxylation is 1. The van der Waals surface area contributed by atoms with Crippen LogP contribution in [0, 0.1) is 6.92 Å². The first kappa shape index (κ1) is 22.4. The molecule has 2 fully saturated rings. The van der Waals surface area contributed by atoms with Crippen LogP contribution in [0.3, 0.4) is 0 Å². The van der Waals surface area contributed by atoms with E-state index in [9.17, 15) is 14.4 Å². The largest absolute Gasteiger partial charge is 0.378 e. The molecule has 2 aliphatic heterocycles. The minimum atomic E-state index is -0.470. The zero-order chi connectivity index (χ0) is 22.7. The van der Waals surface area contributed by atoms with Crippen molar-refractivity contribution in [3.63, 3.8) is 0 Å². The van der Waals surface area contributed by atoms with Crippen molar-refractivity contribution in [3.8, 4) is 0 Å². The standard InChI is InChI=1S/C23H22ClN3O4S/c1-15-12-19(26-8-10-31-11-9-26)7-2-16(15)13-20-22(29)27(23(30)32-20)14-21(28)25-18-5-3-17(24)4-6-18/h2-7,12-13H,8-11,14H2,1H3,(H,25,28). The van der Waals surface area contributed by atoms with Gasteiger partial charge >= 0.3 is 0 Å². The Balaban J connectivity index is 1.43. The van der Waals surface area contributed by atoms with Gasteiger partial charge in [-0.2, -0.15) is 0 Å². The second kappa shape index (κ2) is 9.77. The lowest BCUT2D eigenvalue weighted by Gasteiger charge is -2.29. The number of imide groups is 1. The topological polar surface area (TPSA) is 79.0 Å². The molecule has 2 heterocycles. The van der Waals surface area contributed by atoms with Crippen molar-refractivity contribution in [2.45, 2.75) is 6.92 Å². The number of carbonyl (C=O) groups is 3. The van der Waals surface area contributed by atoms with Gasteiger partial charge in [-0.3, -0.25) is 19.3 Å². The molecular formula is C23H22ClN3O4S. The summed E-state index contributed by atoms with van der Waals surface area (Å²) in [5, 5.41) is 2.75. The number of hydrogen-bond donors (Lipinski definition) is 1. The van der Waals surface area contributed by atoms with Crippen LogP contribution >= 0.6 is 23.4 Å². The number of halogens is 1. The first-order valence-electron chi connectivity index (χ1n) is 10.1. The highest BCUT2D eigenvalue weighted by molar-refractivity contribution is 8.18. The zero-order valence-corrected chi connectivity index (χ0v) is 19.0. The van der Waals surface area contributed by atoms with Crippen molar-refractivity contribution >= 4 is 57.9 Å². The minimum absolute atomic E-state index is 0.302. The van der Waals surface area contributed by atoms with Crippen LogP contribution in [0.2, 0.25) is 5.02 Å². The van der Waals surface area contributed by atoms with Crippen molar-refractivity contribution in [3.05, 3.63) is 63.5 Å². The molecule has 0 saturated carbocycles. The molecule has 0 radical (unpaired) electrons. The number of rotatable bonds is 5. The Bertz CT molecular complexity index is 1080. The van der Waals surface area contributed by atoms with E-state index in [1.54, 1.807) is 30.3 Å². The highest BCUT2D eigenvalue weighted by atomic mass is 35.5. The Labute approximate surface area is 195 Å². The number of thioether (sulfide) groups is 1. The Morgan fingerprint density at radius 3 is 2.56 bits per heavy atom. The lowest BCUT2D eigenvalue weighted by Crippen LogP contribution is -2.36. The maximum atomic E-state index is 12.8. The van der Waals surface area contributed by atoms with Crippen LogP contribution in [-0.4, -0.2) is 54.8 Å². The summed E-state index contributed by atoms with van der Waals surface area (Å²) in [7, 11) is 0. The van der Waals surface area contributed by atoms with Crippen LogP contribution in [0.1, 0.15) is 11.1 Å². The van der Waals surface area contributed by atoms with E-state index in [0.717, 1.165) is 46.6 Å². The molecule has 0 unspecified atom stereocenters. The summed E-state index contributed by atoms with van der Waals surface area (Å²) in [6.45, 7) is 4.73. The maximum absolute atomic E-state index is 12.8. The van der Waals surface area contributed by atoms with E-state index < -0.39 is 17.1 Å². The van der Waals surface area contributed by atoms with Crippen LogP contribution in [0.4, 0.5) is 16.2 Å². The lowest BCUT2D eigenvalue weighted by molar-refractivity contribution is -0.127. The second-order valence-electron chi connectivity index (χ2n) is 7.46. The van der Waals surface area contributed by atoms with E-state index in [-0.39, 0.29) is 6.54 Å². The quantitative estimate of drug-likeness (QED) is 0.660.